The van der Waals surface area contributed by atoms with E-state index in [1.165, 1.54) is 41.3 Å². The summed E-state index contributed by atoms with van der Waals surface area (Å²) in [6, 6.07) is 20.3. The lowest BCUT2D eigenvalue weighted by molar-refractivity contribution is -0.152. The molecule has 1 aliphatic heterocycles. The summed E-state index contributed by atoms with van der Waals surface area (Å²) in [7, 11) is 0. The summed E-state index contributed by atoms with van der Waals surface area (Å²) in [6.45, 7) is 3.30. The van der Waals surface area contributed by atoms with E-state index in [0.717, 1.165) is 0 Å². The van der Waals surface area contributed by atoms with Gasteiger partial charge in [-0.05, 0) is 55.7 Å². The van der Waals surface area contributed by atoms with Crippen LogP contribution in [0, 0.1) is 17.6 Å². The van der Waals surface area contributed by atoms with Crippen LogP contribution in [0.15, 0.2) is 102 Å². The minimum atomic E-state index is -1.27. The van der Waals surface area contributed by atoms with Crippen molar-refractivity contribution in [2.45, 2.75) is 32.1 Å². The highest BCUT2D eigenvalue weighted by Gasteiger charge is 2.51. The number of nitrogens with zero attached hydrogens (tertiary/aromatic N) is 1. The van der Waals surface area contributed by atoms with Gasteiger partial charge in [0.15, 0.2) is 5.78 Å². The lowest BCUT2D eigenvalue weighted by Gasteiger charge is -2.44. The van der Waals surface area contributed by atoms with E-state index in [1.54, 1.807) is 50.2 Å². The van der Waals surface area contributed by atoms with Crippen LogP contribution in [0.4, 0.5) is 14.5 Å². The fourth-order valence-electron chi connectivity index (χ4n) is 5.88. The maximum absolute atomic E-state index is 15.4. The van der Waals surface area contributed by atoms with Crippen molar-refractivity contribution >= 4 is 23.4 Å². The Morgan fingerprint density at radius 2 is 1.57 bits per heavy atom. The number of hydrogen-bond donors (Lipinski definition) is 1. The number of allylic oxidation sites excluding steroid dienone is 2. The van der Waals surface area contributed by atoms with Gasteiger partial charge in [-0.25, -0.2) is 13.6 Å². The van der Waals surface area contributed by atoms with Gasteiger partial charge < -0.3 is 15.2 Å². The predicted octanol–water partition coefficient (Wildman–Crippen LogP) is 5.49. The van der Waals surface area contributed by atoms with Gasteiger partial charge in [0.25, 0.3) is 0 Å². The lowest BCUT2D eigenvalue weighted by Crippen LogP contribution is -2.46. The molecule has 216 valence electrons. The summed E-state index contributed by atoms with van der Waals surface area (Å²) in [4.78, 5) is 42.9. The van der Waals surface area contributed by atoms with Crippen LogP contribution < -0.4 is 10.6 Å². The molecule has 3 atom stereocenters. The molecule has 0 spiro atoms. The van der Waals surface area contributed by atoms with Crippen molar-refractivity contribution in [3.8, 4) is 0 Å². The zero-order valence-electron chi connectivity index (χ0n) is 23.2. The first kappa shape index (κ1) is 28.7. The third-order valence-corrected chi connectivity index (χ3v) is 7.58. The van der Waals surface area contributed by atoms with Crippen molar-refractivity contribution in [2.24, 2.45) is 11.7 Å². The number of para-hydroxylation sites is 1. The Morgan fingerprint density at radius 3 is 2.24 bits per heavy atom. The molecular formula is C33H30F2N2O5. The second-order valence-corrected chi connectivity index (χ2v) is 9.97. The average Bonchev–Trinajstić information content (AvgIpc) is 2.97. The van der Waals surface area contributed by atoms with Crippen molar-refractivity contribution in [1.82, 2.24) is 0 Å². The summed E-state index contributed by atoms with van der Waals surface area (Å²) in [5.74, 6) is -6.71. The van der Waals surface area contributed by atoms with Gasteiger partial charge in [-0.2, -0.15) is 0 Å². The molecule has 3 aromatic carbocycles. The van der Waals surface area contributed by atoms with Crippen molar-refractivity contribution in [3.63, 3.8) is 0 Å². The number of ketones is 1. The Hall–Kier alpha value is -4.79. The van der Waals surface area contributed by atoms with E-state index in [-0.39, 0.29) is 47.9 Å². The third-order valence-electron chi connectivity index (χ3n) is 7.58. The van der Waals surface area contributed by atoms with Gasteiger partial charge in [0.05, 0.1) is 30.4 Å². The minimum Gasteiger partial charge on any atom is -0.465 e. The summed E-state index contributed by atoms with van der Waals surface area (Å²) in [5, 5.41) is 0. The number of anilines is 1. The zero-order chi connectivity index (χ0) is 30.0. The average molecular weight is 573 g/mol. The van der Waals surface area contributed by atoms with Crippen LogP contribution in [-0.4, -0.2) is 30.9 Å². The Balaban J connectivity index is 1.84. The summed E-state index contributed by atoms with van der Waals surface area (Å²) in [6.07, 6.45) is 0.0749. The second-order valence-electron chi connectivity index (χ2n) is 9.97. The molecule has 0 radical (unpaired) electrons. The first-order valence-electron chi connectivity index (χ1n) is 13.7. The Bertz CT molecular complexity index is 1600. The maximum Gasteiger partial charge on any atom is 0.338 e. The van der Waals surface area contributed by atoms with Crippen LogP contribution in [0.5, 0.6) is 0 Å². The molecule has 1 heterocycles. The number of Topliss-reactive ketones (excluding diaryl/α,β-unsaturated/α-hetero) is 1. The van der Waals surface area contributed by atoms with Gasteiger partial charge in [0, 0.05) is 17.2 Å². The quantitative estimate of drug-likeness (QED) is 0.295. The third kappa shape index (κ3) is 5.06. The molecule has 0 aromatic heterocycles. The summed E-state index contributed by atoms with van der Waals surface area (Å²) in [5.41, 5.74) is 7.86. The number of halogens is 2. The molecule has 0 saturated heterocycles. The molecule has 1 aliphatic carbocycles. The van der Waals surface area contributed by atoms with E-state index in [0.29, 0.717) is 11.3 Å². The highest BCUT2D eigenvalue weighted by molar-refractivity contribution is 6.14. The number of ether oxygens (including phenoxy) is 2. The Morgan fingerprint density at radius 1 is 0.905 bits per heavy atom. The Kier molecular flexibility index (Phi) is 8.20. The maximum atomic E-state index is 15.4. The molecule has 0 saturated carbocycles. The van der Waals surface area contributed by atoms with Crippen LogP contribution in [0.2, 0.25) is 0 Å². The standard InChI is InChI=1S/C33H30F2N2O5/c1-3-41-32(39)27-22(19-11-6-5-7-12-19)18-25-28(30(27)38)26(20-13-10-14-21(34)17-20)29(33(40)42-4-2)31(36)37(25)24-16-9-8-15-23(24)35/h5-17,22,26-27H,3-4,18,36H2,1-2H3/t22-,26-,27-/m1/s1. The molecular weight excluding hydrogens is 542 g/mol. The SMILES string of the molecule is CCOC(=O)C1=C(N)N(c2ccccc2F)C2=C(C(=O)[C@H](C(=O)OCC)[C@@H](c3ccccc3)C2)[C@H]1c1cccc(F)c1. The topological polar surface area (TPSA) is 98.9 Å². The smallest absolute Gasteiger partial charge is 0.338 e. The van der Waals surface area contributed by atoms with E-state index in [4.69, 9.17) is 15.2 Å². The van der Waals surface area contributed by atoms with Gasteiger partial charge in [-0.15, -0.1) is 0 Å². The van der Waals surface area contributed by atoms with Crippen LogP contribution >= 0.6 is 0 Å². The molecule has 2 aliphatic rings. The van der Waals surface area contributed by atoms with Gasteiger partial charge in [0.1, 0.15) is 23.4 Å². The lowest BCUT2D eigenvalue weighted by atomic mass is 9.67. The highest BCUT2D eigenvalue weighted by atomic mass is 19.1. The molecule has 9 heteroatoms. The first-order chi connectivity index (χ1) is 20.3. The monoisotopic (exact) mass is 572 g/mol. The largest absolute Gasteiger partial charge is 0.465 e. The van der Waals surface area contributed by atoms with E-state index < -0.39 is 47.1 Å². The van der Waals surface area contributed by atoms with Crippen LogP contribution in [0.1, 0.15) is 43.2 Å². The number of hydrogen-bond acceptors (Lipinski definition) is 7. The fourth-order valence-corrected chi connectivity index (χ4v) is 5.88. The van der Waals surface area contributed by atoms with Crippen molar-refractivity contribution < 1.29 is 32.6 Å². The van der Waals surface area contributed by atoms with E-state index in [1.807, 2.05) is 6.07 Å². The summed E-state index contributed by atoms with van der Waals surface area (Å²) < 4.78 is 40.7. The van der Waals surface area contributed by atoms with Crippen LogP contribution in [0.25, 0.3) is 0 Å². The molecule has 7 nitrogen and oxygen atoms in total. The Labute approximate surface area is 242 Å². The molecule has 0 fully saturated rings. The van der Waals surface area contributed by atoms with E-state index >= 15 is 4.39 Å². The first-order valence-corrected chi connectivity index (χ1v) is 13.7. The molecule has 5 rings (SSSR count). The van der Waals surface area contributed by atoms with Gasteiger partial charge in [0.2, 0.25) is 0 Å². The molecule has 0 unspecified atom stereocenters. The number of esters is 2. The second kappa shape index (κ2) is 12.0. The zero-order valence-corrected chi connectivity index (χ0v) is 23.2. The van der Waals surface area contributed by atoms with Gasteiger partial charge in [-0.1, -0.05) is 54.6 Å². The van der Waals surface area contributed by atoms with E-state index in [2.05, 4.69) is 0 Å². The normalized spacial score (nSPS) is 20.3. The number of carbonyl (C=O) groups excluding carboxylic acids is 3. The van der Waals surface area contributed by atoms with Crippen molar-refractivity contribution in [3.05, 3.63) is 124 Å². The minimum absolute atomic E-state index is 0.00738. The molecule has 3 aromatic rings. The molecule has 0 bridgehead atoms. The van der Waals surface area contributed by atoms with Gasteiger partial charge in [-0.3, -0.25) is 14.5 Å². The molecule has 0 amide bonds. The molecule has 42 heavy (non-hydrogen) atoms. The highest BCUT2D eigenvalue weighted by Crippen LogP contribution is 2.51. The fraction of sp³-hybridized carbons (Fsp3) is 0.242. The van der Waals surface area contributed by atoms with Crippen molar-refractivity contribution in [2.75, 3.05) is 18.1 Å². The van der Waals surface area contributed by atoms with Crippen LogP contribution in [-0.2, 0) is 23.9 Å². The molecule has 2 N–H and O–H groups in total. The van der Waals surface area contributed by atoms with Crippen molar-refractivity contribution in [1.29, 1.82) is 0 Å². The van der Waals surface area contributed by atoms with Crippen LogP contribution in [0.3, 0.4) is 0 Å². The number of benzene rings is 3. The number of nitrogens with two attached hydrogens (primary N) is 1. The number of carbonyl (C=O) groups is 3. The predicted molar refractivity (Wildman–Crippen MR) is 152 cm³/mol. The van der Waals surface area contributed by atoms with Gasteiger partial charge >= 0.3 is 11.9 Å². The number of rotatable bonds is 7. The van der Waals surface area contributed by atoms with E-state index in [9.17, 15) is 18.8 Å². The summed E-state index contributed by atoms with van der Waals surface area (Å²) >= 11 is 0.